The second-order valence-corrected chi connectivity index (χ2v) is 5.03. The Balaban J connectivity index is 2.11. The highest BCUT2D eigenvalue weighted by atomic mass is 16.6. The van der Waals surface area contributed by atoms with Crippen molar-refractivity contribution < 1.29 is 19.1 Å². The molecular formula is C11H14O4. The molecule has 3 aliphatic rings. The van der Waals surface area contributed by atoms with Gasteiger partial charge in [0, 0.05) is 0 Å². The summed E-state index contributed by atoms with van der Waals surface area (Å²) in [5, 5.41) is 0. The normalized spacial score (nSPS) is 52.1. The molecule has 4 heteroatoms. The lowest BCUT2D eigenvalue weighted by molar-refractivity contribution is -0.162. The van der Waals surface area contributed by atoms with Crippen molar-refractivity contribution in [2.75, 3.05) is 0 Å². The van der Waals surface area contributed by atoms with E-state index in [2.05, 4.69) is 0 Å². The Labute approximate surface area is 87.9 Å². The van der Waals surface area contributed by atoms with Crippen molar-refractivity contribution >= 4 is 11.9 Å². The summed E-state index contributed by atoms with van der Waals surface area (Å²) in [5.41, 5.74) is -0.896. The molecule has 0 spiro atoms. The molecule has 0 saturated carbocycles. The minimum atomic E-state index is -0.468. The van der Waals surface area contributed by atoms with E-state index in [1.54, 1.807) is 0 Å². The van der Waals surface area contributed by atoms with Crippen molar-refractivity contribution in [2.24, 2.45) is 11.8 Å². The Morgan fingerprint density at radius 2 is 1.93 bits per heavy atom. The first-order valence-electron chi connectivity index (χ1n) is 5.48. The highest BCUT2D eigenvalue weighted by molar-refractivity contribution is 5.98. The summed E-state index contributed by atoms with van der Waals surface area (Å²) in [6.45, 7) is 3.93. The smallest absolute Gasteiger partial charge is 0.320 e. The van der Waals surface area contributed by atoms with Gasteiger partial charge in [0.15, 0.2) is 0 Å². The Morgan fingerprint density at radius 1 is 1.27 bits per heavy atom. The summed E-state index contributed by atoms with van der Waals surface area (Å²) in [5.74, 6) is -1.48. The molecule has 0 aromatic heterocycles. The van der Waals surface area contributed by atoms with Crippen LogP contribution in [-0.2, 0) is 19.1 Å². The van der Waals surface area contributed by atoms with Crippen LogP contribution in [0.5, 0.6) is 0 Å². The van der Waals surface area contributed by atoms with Crippen molar-refractivity contribution in [1.29, 1.82) is 0 Å². The van der Waals surface area contributed by atoms with E-state index in [9.17, 15) is 9.59 Å². The van der Waals surface area contributed by atoms with E-state index >= 15 is 0 Å². The molecule has 3 rings (SSSR count). The number of fused-ring (bicyclic) bond motifs is 5. The molecule has 3 saturated heterocycles. The maximum Gasteiger partial charge on any atom is 0.320 e. The maximum atomic E-state index is 11.6. The minimum absolute atomic E-state index is 0.353. The van der Waals surface area contributed by atoms with Gasteiger partial charge < -0.3 is 9.47 Å². The highest BCUT2D eigenvalue weighted by Crippen LogP contribution is 2.61. The summed E-state index contributed by atoms with van der Waals surface area (Å²) < 4.78 is 10.7. The summed E-state index contributed by atoms with van der Waals surface area (Å²) in [6, 6.07) is 0. The van der Waals surface area contributed by atoms with Crippen molar-refractivity contribution in [3.8, 4) is 0 Å². The van der Waals surface area contributed by atoms with Gasteiger partial charge in [0.2, 0.25) is 0 Å². The van der Waals surface area contributed by atoms with Crippen LogP contribution in [0.25, 0.3) is 0 Å². The largest absolute Gasteiger partial charge is 0.393 e. The van der Waals surface area contributed by atoms with Crippen molar-refractivity contribution in [2.45, 2.75) is 44.3 Å². The van der Waals surface area contributed by atoms with Gasteiger partial charge in [-0.15, -0.1) is 0 Å². The molecule has 4 atom stereocenters. The van der Waals surface area contributed by atoms with Crippen molar-refractivity contribution in [3.63, 3.8) is 0 Å². The zero-order chi connectivity index (χ0) is 10.8. The zero-order valence-electron chi connectivity index (χ0n) is 8.91. The predicted octanol–water partition coefficient (Wildman–Crippen LogP) is 1.03. The first-order valence-corrected chi connectivity index (χ1v) is 5.48. The number of esters is 2. The molecule has 0 amide bonds. The molecule has 3 fully saturated rings. The fourth-order valence-corrected chi connectivity index (χ4v) is 3.55. The lowest BCUT2D eigenvalue weighted by Gasteiger charge is -2.28. The van der Waals surface area contributed by atoms with Gasteiger partial charge in [0.05, 0.1) is 11.2 Å². The minimum Gasteiger partial charge on any atom is -0.393 e. The van der Waals surface area contributed by atoms with Gasteiger partial charge in [0.1, 0.15) is 11.8 Å². The van der Waals surface area contributed by atoms with E-state index in [0.29, 0.717) is 0 Å². The average molecular weight is 210 g/mol. The molecule has 0 N–H and O–H groups in total. The second kappa shape index (κ2) is 2.43. The van der Waals surface area contributed by atoms with Crippen LogP contribution < -0.4 is 0 Å². The van der Waals surface area contributed by atoms with Crippen LogP contribution in [0.2, 0.25) is 0 Å². The van der Waals surface area contributed by atoms with E-state index in [-0.39, 0.29) is 23.8 Å². The molecule has 3 aliphatic heterocycles. The van der Waals surface area contributed by atoms with Crippen LogP contribution in [0.4, 0.5) is 0 Å². The van der Waals surface area contributed by atoms with Crippen LogP contribution in [-0.4, -0.2) is 23.1 Å². The third kappa shape index (κ3) is 0.869. The van der Waals surface area contributed by atoms with Crippen LogP contribution in [0.3, 0.4) is 0 Å². The van der Waals surface area contributed by atoms with Gasteiger partial charge in [-0.25, -0.2) is 0 Å². The van der Waals surface area contributed by atoms with Crippen LogP contribution in [0.1, 0.15) is 33.1 Å². The van der Waals surface area contributed by atoms with Crippen LogP contribution in [0, 0.1) is 11.8 Å². The Bertz CT molecular complexity index is 364. The first-order chi connectivity index (χ1) is 7.02. The fourth-order valence-electron chi connectivity index (χ4n) is 3.55. The number of cyclic esters (lactones) is 2. The van der Waals surface area contributed by atoms with Gasteiger partial charge in [-0.3, -0.25) is 9.59 Å². The summed E-state index contributed by atoms with van der Waals surface area (Å²) in [6.07, 6.45) is 2.49. The Morgan fingerprint density at radius 3 is 2.60 bits per heavy atom. The molecule has 0 radical (unpaired) electrons. The maximum absolute atomic E-state index is 11.6. The highest BCUT2D eigenvalue weighted by Gasteiger charge is 2.72. The number of hydrogen-bond acceptors (Lipinski definition) is 4. The van der Waals surface area contributed by atoms with Crippen LogP contribution >= 0.6 is 0 Å². The SMILES string of the molecule is CCC12CCC(C)(O1)C1C(=O)OC(=O)C12. The summed E-state index contributed by atoms with van der Waals surface area (Å²) >= 11 is 0. The standard InChI is InChI=1S/C11H14O4/c1-3-11-5-4-10(2,15-11)6-7(11)9(13)14-8(6)12/h6-7H,3-5H2,1-2H3. The van der Waals surface area contributed by atoms with E-state index in [0.717, 1.165) is 19.3 Å². The van der Waals surface area contributed by atoms with Gasteiger partial charge in [-0.05, 0) is 26.2 Å². The monoisotopic (exact) mass is 210 g/mol. The second-order valence-electron chi connectivity index (χ2n) is 5.03. The zero-order valence-corrected chi connectivity index (χ0v) is 8.91. The van der Waals surface area contributed by atoms with Gasteiger partial charge in [-0.2, -0.15) is 0 Å². The molecule has 3 heterocycles. The molecule has 0 aromatic rings. The van der Waals surface area contributed by atoms with Gasteiger partial charge >= 0.3 is 11.9 Å². The quantitative estimate of drug-likeness (QED) is 0.479. The number of carbonyl (C=O) groups excluding carboxylic acids is 2. The molecule has 0 aromatic carbocycles. The molecule has 4 nitrogen and oxygen atoms in total. The van der Waals surface area contributed by atoms with E-state index in [1.807, 2.05) is 13.8 Å². The molecule has 0 aliphatic carbocycles. The number of carbonyl (C=O) groups is 2. The van der Waals surface area contributed by atoms with Crippen molar-refractivity contribution in [1.82, 2.24) is 0 Å². The van der Waals surface area contributed by atoms with E-state index < -0.39 is 11.2 Å². The molecule has 82 valence electrons. The molecule has 2 bridgehead atoms. The molecular weight excluding hydrogens is 196 g/mol. The van der Waals surface area contributed by atoms with Crippen molar-refractivity contribution in [3.05, 3.63) is 0 Å². The third-order valence-electron chi connectivity index (χ3n) is 4.35. The van der Waals surface area contributed by atoms with Crippen LogP contribution in [0.15, 0.2) is 0 Å². The first kappa shape index (κ1) is 9.33. The predicted molar refractivity (Wildman–Crippen MR) is 49.8 cm³/mol. The Hall–Kier alpha value is -0.900. The summed E-state index contributed by atoms with van der Waals surface area (Å²) in [7, 11) is 0. The van der Waals surface area contributed by atoms with E-state index in [1.165, 1.54) is 0 Å². The topological polar surface area (TPSA) is 52.6 Å². The summed E-state index contributed by atoms with van der Waals surface area (Å²) in [4.78, 5) is 23.2. The lowest BCUT2D eigenvalue weighted by atomic mass is 9.67. The Kier molecular flexibility index (Phi) is 1.51. The van der Waals surface area contributed by atoms with Gasteiger partial charge in [-0.1, -0.05) is 6.92 Å². The van der Waals surface area contributed by atoms with E-state index in [4.69, 9.17) is 9.47 Å². The number of rotatable bonds is 1. The van der Waals surface area contributed by atoms with Gasteiger partial charge in [0.25, 0.3) is 0 Å². The molecule has 4 unspecified atom stereocenters. The average Bonchev–Trinajstić information content (AvgIpc) is 2.75. The lowest BCUT2D eigenvalue weighted by Crippen LogP contribution is -2.41. The molecule has 15 heavy (non-hydrogen) atoms. The third-order valence-corrected chi connectivity index (χ3v) is 4.35. The number of hydrogen-bond donors (Lipinski definition) is 0. The fraction of sp³-hybridized carbons (Fsp3) is 0.818. The number of ether oxygens (including phenoxy) is 2.